The van der Waals surface area contributed by atoms with Crippen molar-refractivity contribution < 1.29 is 1.43 Å². The normalized spacial score (nSPS) is 21.4. The van der Waals surface area contributed by atoms with Crippen LogP contribution in [-0.2, 0) is 0 Å². The van der Waals surface area contributed by atoms with E-state index >= 15 is 0 Å². The van der Waals surface area contributed by atoms with Crippen LogP contribution in [-0.4, -0.2) is 56.2 Å². The lowest BCUT2D eigenvalue weighted by Gasteiger charge is -2.33. The number of nitrogens with zero attached hydrogens (tertiary/aromatic N) is 2. The summed E-state index contributed by atoms with van der Waals surface area (Å²) in [5, 5.41) is 3.52. The average Bonchev–Trinajstić information content (AvgIpc) is 2.06. The number of likely N-dealkylation sites (N-methyl/N-ethyl adjacent to an activating group) is 1. The van der Waals surface area contributed by atoms with Gasteiger partial charge in [0.25, 0.3) is 0 Å². The highest BCUT2D eigenvalue weighted by Crippen LogP contribution is 2.10. The topological polar surface area (TPSA) is 18.5 Å². The van der Waals surface area contributed by atoms with Gasteiger partial charge in [-0.1, -0.05) is 20.8 Å². The molecule has 0 saturated carbocycles. The number of piperazine rings is 1. The molecule has 0 aliphatic carbocycles. The zero-order valence-electron chi connectivity index (χ0n) is 10.1. The van der Waals surface area contributed by atoms with E-state index in [4.69, 9.17) is 0 Å². The van der Waals surface area contributed by atoms with E-state index in [0.29, 0.717) is 5.41 Å². The fraction of sp³-hybridized carbons (Fsp3) is 1.00. The van der Waals surface area contributed by atoms with Crippen molar-refractivity contribution in [1.82, 2.24) is 15.1 Å². The zero-order valence-corrected chi connectivity index (χ0v) is 10.1. The molecule has 0 spiro atoms. The molecule has 1 N–H and O–H groups in total. The van der Waals surface area contributed by atoms with Crippen LogP contribution in [0.15, 0.2) is 0 Å². The second kappa shape index (κ2) is 5.10. The third kappa shape index (κ3) is 4.94. The monoisotopic (exact) mass is 201 g/mol. The fourth-order valence-electron chi connectivity index (χ4n) is 1.60. The fourth-order valence-corrected chi connectivity index (χ4v) is 1.60. The summed E-state index contributed by atoms with van der Waals surface area (Å²) in [6.07, 6.45) is 0. The van der Waals surface area contributed by atoms with Crippen LogP contribution in [0.4, 0.5) is 0 Å². The smallest absolute Gasteiger partial charge is 0.0481 e. The van der Waals surface area contributed by atoms with Crippen LogP contribution in [0.5, 0.6) is 0 Å². The van der Waals surface area contributed by atoms with Gasteiger partial charge in [-0.2, -0.15) is 0 Å². The second-order valence-electron chi connectivity index (χ2n) is 5.57. The van der Waals surface area contributed by atoms with E-state index in [2.05, 4.69) is 42.9 Å². The van der Waals surface area contributed by atoms with Gasteiger partial charge in [-0.15, -0.1) is 0 Å². The van der Waals surface area contributed by atoms with Gasteiger partial charge < -0.3 is 10.2 Å². The Bertz CT molecular complexity index is 160. The molecule has 0 bridgehead atoms. The van der Waals surface area contributed by atoms with Crippen molar-refractivity contribution in [1.29, 1.82) is 0 Å². The SMILES string of the molecule is CN1CCN(CNCC(C)(C)C)CC1.[HH]. The van der Waals surface area contributed by atoms with Gasteiger partial charge in [-0.05, 0) is 12.5 Å². The Kier molecular flexibility index (Phi) is 4.35. The predicted molar refractivity (Wildman–Crippen MR) is 63.5 cm³/mol. The van der Waals surface area contributed by atoms with Crippen LogP contribution >= 0.6 is 0 Å². The molecule has 0 atom stereocenters. The molecule has 0 unspecified atom stereocenters. The summed E-state index contributed by atoms with van der Waals surface area (Å²) in [5.41, 5.74) is 0.395. The lowest BCUT2D eigenvalue weighted by molar-refractivity contribution is 0.141. The van der Waals surface area contributed by atoms with E-state index in [0.717, 1.165) is 13.2 Å². The van der Waals surface area contributed by atoms with Gasteiger partial charge in [0, 0.05) is 40.8 Å². The van der Waals surface area contributed by atoms with Gasteiger partial charge in [-0.25, -0.2) is 0 Å². The van der Waals surface area contributed by atoms with Crippen molar-refractivity contribution in [3.8, 4) is 0 Å². The van der Waals surface area contributed by atoms with Crippen molar-refractivity contribution in [2.24, 2.45) is 5.41 Å². The highest BCUT2D eigenvalue weighted by molar-refractivity contribution is 4.70. The molecule has 0 aromatic heterocycles. The Hall–Kier alpha value is -0.120. The van der Waals surface area contributed by atoms with Crippen molar-refractivity contribution in [3.05, 3.63) is 0 Å². The first-order valence-corrected chi connectivity index (χ1v) is 5.59. The Labute approximate surface area is 89.9 Å². The summed E-state index contributed by atoms with van der Waals surface area (Å²) >= 11 is 0. The summed E-state index contributed by atoms with van der Waals surface area (Å²) in [5.74, 6) is 0. The summed E-state index contributed by atoms with van der Waals surface area (Å²) in [6, 6.07) is 0. The van der Waals surface area contributed by atoms with Gasteiger partial charge >= 0.3 is 0 Å². The minimum absolute atomic E-state index is 0. The van der Waals surface area contributed by atoms with E-state index < -0.39 is 0 Å². The van der Waals surface area contributed by atoms with Gasteiger partial charge in [0.15, 0.2) is 0 Å². The van der Waals surface area contributed by atoms with Crippen LogP contribution in [0, 0.1) is 5.41 Å². The molecule has 86 valence electrons. The molecule has 1 fully saturated rings. The summed E-state index contributed by atoms with van der Waals surface area (Å²) in [6.45, 7) is 13.8. The van der Waals surface area contributed by atoms with Crippen LogP contribution < -0.4 is 5.32 Å². The number of rotatable bonds is 3. The highest BCUT2D eigenvalue weighted by Gasteiger charge is 2.14. The van der Waals surface area contributed by atoms with Crippen LogP contribution in [0.2, 0.25) is 0 Å². The second-order valence-corrected chi connectivity index (χ2v) is 5.57. The molecule has 3 nitrogen and oxygen atoms in total. The molecule has 1 heterocycles. The molecule has 0 aromatic rings. The molecule has 1 aliphatic rings. The Morgan fingerprint density at radius 2 is 1.71 bits per heavy atom. The number of hydrogen-bond acceptors (Lipinski definition) is 3. The maximum atomic E-state index is 3.52. The standard InChI is InChI=1S/C11H25N3.H2/c1-11(2,3)9-12-10-14-7-5-13(4)6-8-14;/h12H,5-10H2,1-4H3;1H. The van der Waals surface area contributed by atoms with E-state index in [1.807, 2.05) is 0 Å². The minimum atomic E-state index is 0. The number of nitrogens with one attached hydrogen (secondary N) is 1. The Morgan fingerprint density at radius 3 is 2.21 bits per heavy atom. The van der Waals surface area contributed by atoms with Gasteiger partial charge in [0.05, 0.1) is 0 Å². The van der Waals surface area contributed by atoms with E-state index in [1.165, 1.54) is 26.2 Å². The Morgan fingerprint density at radius 1 is 1.14 bits per heavy atom. The third-order valence-corrected chi connectivity index (χ3v) is 2.59. The van der Waals surface area contributed by atoms with Crippen molar-refractivity contribution >= 4 is 0 Å². The van der Waals surface area contributed by atoms with Crippen LogP contribution in [0.1, 0.15) is 22.2 Å². The molecule has 0 amide bonds. The third-order valence-electron chi connectivity index (χ3n) is 2.59. The molecule has 14 heavy (non-hydrogen) atoms. The molecule has 0 aromatic carbocycles. The molecule has 3 heteroatoms. The summed E-state index contributed by atoms with van der Waals surface area (Å²) in [4.78, 5) is 4.88. The molecular weight excluding hydrogens is 174 g/mol. The van der Waals surface area contributed by atoms with Crippen molar-refractivity contribution in [2.45, 2.75) is 20.8 Å². The van der Waals surface area contributed by atoms with E-state index in [1.54, 1.807) is 0 Å². The molecular formula is C11H27N3. The predicted octanol–water partition coefficient (Wildman–Crippen LogP) is 1.07. The van der Waals surface area contributed by atoms with Gasteiger partial charge in [0.1, 0.15) is 0 Å². The molecule has 1 rings (SSSR count). The quantitative estimate of drug-likeness (QED) is 0.737. The van der Waals surface area contributed by atoms with Crippen LogP contribution in [0.3, 0.4) is 0 Å². The van der Waals surface area contributed by atoms with Crippen molar-refractivity contribution in [3.63, 3.8) is 0 Å². The van der Waals surface area contributed by atoms with E-state index in [-0.39, 0.29) is 1.43 Å². The minimum Gasteiger partial charge on any atom is -0.304 e. The highest BCUT2D eigenvalue weighted by atomic mass is 15.3. The van der Waals surface area contributed by atoms with Gasteiger partial charge in [0.2, 0.25) is 0 Å². The zero-order chi connectivity index (χ0) is 10.6. The summed E-state index contributed by atoms with van der Waals surface area (Å²) in [7, 11) is 2.19. The Balaban J connectivity index is 0.00000196. The number of hydrogen-bond donors (Lipinski definition) is 1. The first-order valence-electron chi connectivity index (χ1n) is 5.59. The maximum Gasteiger partial charge on any atom is 0.0481 e. The summed E-state index contributed by atoms with van der Waals surface area (Å²) < 4.78 is 0. The average molecular weight is 201 g/mol. The largest absolute Gasteiger partial charge is 0.304 e. The lowest BCUT2D eigenvalue weighted by atomic mass is 9.97. The first-order chi connectivity index (χ1) is 6.47. The van der Waals surface area contributed by atoms with Crippen molar-refractivity contribution in [2.75, 3.05) is 46.4 Å². The first kappa shape index (κ1) is 12.0. The maximum absolute atomic E-state index is 3.52. The molecule has 0 radical (unpaired) electrons. The van der Waals surface area contributed by atoms with Crippen LogP contribution in [0.25, 0.3) is 0 Å². The lowest BCUT2D eigenvalue weighted by Crippen LogP contribution is -2.48. The molecule has 1 saturated heterocycles. The van der Waals surface area contributed by atoms with E-state index in [9.17, 15) is 0 Å². The van der Waals surface area contributed by atoms with Gasteiger partial charge in [-0.3, -0.25) is 4.90 Å². The molecule has 1 aliphatic heterocycles.